The fourth-order valence-corrected chi connectivity index (χ4v) is 1.43. The van der Waals surface area contributed by atoms with E-state index in [1.807, 2.05) is 34.8 Å². The second-order valence-corrected chi connectivity index (χ2v) is 4.68. The number of hydrogen-bond acceptors (Lipinski definition) is 2. The van der Waals surface area contributed by atoms with Gasteiger partial charge in [0, 0.05) is 25.6 Å². The van der Waals surface area contributed by atoms with Gasteiger partial charge >= 0.3 is 0 Å². The highest BCUT2D eigenvalue weighted by atomic mass is 15.3. The van der Waals surface area contributed by atoms with Gasteiger partial charge in [-0.3, -0.25) is 4.68 Å². The smallest absolute Gasteiger partial charge is 0.160 e. The van der Waals surface area contributed by atoms with E-state index in [2.05, 4.69) is 30.9 Å². The lowest BCUT2D eigenvalue weighted by molar-refractivity contribution is 0.356. The molecule has 0 aliphatic carbocycles. The third-order valence-corrected chi connectivity index (χ3v) is 2.33. The van der Waals surface area contributed by atoms with Crippen LogP contribution in [0.1, 0.15) is 20.8 Å². The summed E-state index contributed by atoms with van der Waals surface area (Å²) in [7, 11) is 1.97. The van der Waals surface area contributed by atoms with Gasteiger partial charge in [-0.2, -0.15) is 5.10 Å². The molecule has 2 heterocycles. The van der Waals surface area contributed by atoms with Crippen molar-refractivity contribution in [2.24, 2.45) is 7.05 Å². The van der Waals surface area contributed by atoms with Gasteiger partial charge in [-0.05, 0) is 26.8 Å². The van der Waals surface area contributed by atoms with Gasteiger partial charge in [-0.1, -0.05) is 0 Å². The zero-order valence-corrected chi connectivity index (χ0v) is 9.60. The van der Waals surface area contributed by atoms with Crippen molar-refractivity contribution in [2.45, 2.75) is 26.3 Å². The molecule has 0 saturated carbocycles. The molecule has 0 aliphatic heterocycles. The Kier molecular flexibility index (Phi) is 2.14. The second kappa shape index (κ2) is 3.22. The van der Waals surface area contributed by atoms with Gasteiger partial charge in [-0.15, -0.1) is 0 Å². The Morgan fingerprint density at radius 2 is 1.93 bits per heavy atom. The van der Waals surface area contributed by atoms with Crippen LogP contribution >= 0.6 is 0 Å². The molecule has 4 nitrogen and oxygen atoms in total. The van der Waals surface area contributed by atoms with Crippen molar-refractivity contribution in [3.8, 4) is 11.5 Å². The molecule has 0 atom stereocenters. The van der Waals surface area contributed by atoms with Crippen LogP contribution in [0.3, 0.4) is 0 Å². The van der Waals surface area contributed by atoms with Crippen molar-refractivity contribution in [2.75, 3.05) is 0 Å². The zero-order chi connectivity index (χ0) is 11.1. The number of hydrogen-bond donors (Lipinski definition) is 0. The van der Waals surface area contributed by atoms with Crippen LogP contribution in [0, 0.1) is 0 Å². The Morgan fingerprint density at radius 3 is 2.40 bits per heavy atom. The lowest BCUT2D eigenvalue weighted by Crippen LogP contribution is -2.22. The van der Waals surface area contributed by atoms with E-state index in [4.69, 9.17) is 0 Å². The Balaban J connectivity index is 2.41. The molecule has 2 aromatic heterocycles. The number of aromatic nitrogens is 4. The summed E-state index contributed by atoms with van der Waals surface area (Å²) >= 11 is 0. The first-order chi connectivity index (χ1) is 6.98. The second-order valence-electron chi connectivity index (χ2n) is 4.68. The highest BCUT2D eigenvalue weighted by molar-refractivity contribution is 5.48. The van der Waals surface area contributed by atoms with Crippen molar-refractivity contribution in [3.05, 3.63) is 24.7 Å². The first kappa shape index (κ1) is 9.96. The van der Waals surface area contributed by atoms with E-state index in [0.29, 0.717) is 0 Å². The maximum atomic E-state index is 4.52. The Bertz CT molecular complexity index is 459. The minimum absolute atomic E-state index is 0.0173. The predicted octanol–water partition coefficient (Wildman–Crippen LogP) is 2.04. The lowest BCUT2D eigenvalue weighted by atomic mass is 10.1. The molecule has 0 N–H and O–H groups in total. The van der Waals surface area contributed by atoms with Gasteiger partial charge in [0.1, 0.15) is 5.69 Å². The SMILES string of the molecule is Cn1ccnc1-c1ccn(C(C)(C)C)n1. The van der Waals surface area contributed by atoms with E-state index in [1.165, 1.54) is 0 Å². The summed E-state index contributed by atoms with van der Waals surface area (Å²) < 4.78 is 3.92. The Labute approximate surface area is 89.6 Å². The molecule has 2 rings (SSSR count). The predicted molar refractivity (Wildman–Crippen MR) is 59.4 cm³/mol. The molecule has 4 heteroatoms. The van der Waals surface area contributed by atoms with Gasteiger partial charge in [0.2, 0.25) is 0 Å². The number of nitrogens with zero attached hydrogens (tertiary/aromatic N) is 4. The van der Waals surface area contributed by atoms with E-state index >= 15 is 0 Å². The van der Waals surface area contributed by atoms with E-state index in [1.54, 1.807) is 6.20 Å². The Hall–Kier alpha value is -1.58. The highest BCUT2D eigenvalue weighted by Gasteiger charge is 2.15. The molecule has 0 radical (unpaired) electrons. The number of rotatable bonds is 1. The summed E-state index contributed by atoms with van der Waals surface area (Å²) in [6.07, 6.45) is 5.70. The Morgan fingerprint density at radius 1 is 1.20 bits per heavy atom. The molecular weight excluding hydrogens is 188 g/mol. The normalized spacial score (nSPS) is 12.0. The van der Waals surface area contributed by atoms with Crippen LogP contribution < -0.4 is 0 Å². The van der Waals surface area contributed by atoms with Gasteiger partial charge in [0.25, 0.3) is 0 Å². The van der Waals surface area contributed by atoms with Crippen LogP contribution in [0.15, 0.2) is 24.7 Å². The molecule has 0 unspecified atom stereocenters. The van der Waals surface area contributed by atoms with Crippen LogP contribution in [-0.4, -0.2) is 19.3 Å². The fraction of sp³-hybridized carbons (Fsp3) is 0.455. The standard InChI is InChI=1S/C11H16N4/c1-11(2,3)15-7-5-9(13-15)10-12-6-8-14(10)4/h5-8H,1-4H3. The molecule has 0 spiro atoms. The summed E-state index contributed by atoms with van der Waals surface area (Å²) in [4.78, 5) is 4.27. The summed E-state index contributed by atoms with van der Waals surface area (Å²) in [5.74, 6) is 0.901. The van der Waals surface area contributed by atoms with Gasteiger partial charge in [0.15, 0.2) is 5.82 Å². The molecular formula is C11H16N4. The molecule has 0 aromatic carbocycles. The first-order valence-corrected chi connectivity index (χ1v) is 5.02. The molecule has 2 aromatic rings. The van der Waals surface area contributed by atoms with Gasteiger partial charge in [0.05, 0.1) is 5.54 Å². The summed E-state index contributed by atoms with van der Waals surface area (Å²) in [5, 5.41) is 4.52. The van der Waals surface area contributed by atoms with Crippen molar-refractivity contribution < 1.29 is 0 Å². The van der Waals surface area contributed by atoms with Gasteiger partial charge < -0.3 is 4.57 Å². The minimum Gasteiger partial charge on any atom is -0.333 e. The maximum absolute atomic E-state index is 4.52. The number of imidazole rings is 1. The van der Waals surface area contributed by atoms with Crippen LogP contribution in [0.5, 0.6) is 0 Å². The monoisotopic (exact) mass is 204 g/mol. The van der Waals surface area contributed by atoms with Crippen molar-refractivity contribution in [3.63, 3.8) is 0 Å². The highest BCUT2D eigenvalue weighted by Crippen LogP contribution is 2.18. The molecule has 0 fully saturated rings. The lowest BCUT2D eigenvalue weighted by Gasteiger charge is -2.18. The first-order valence-electron chi connectivity index (χ1n) is 5.02. The molecule has 0 bridgehead atoms. The molecule has 0 saturated heterocycles. The van der Waals surface area contributed by atoms with Crippen LogP contribution in [0.4, 0.5) is 0 Å². The third-order valence-electron chi connectivity index (χ3n) is 2.33. The van der Waals surface area contributed by atoms with Crippen molar-refractivity contribution in [1.29, 1.82) is 0 Å². The summed E-state index contributed by atoms with van der Waals surface area (Å²) in [6, 6.07) is 1.99. The topological polar surface area (TPSA) is 35.6 Å². The maximum Gasteiger partial charge on any atom is 0.160 e. The quantitative estimate of drug-likeness (QED) is 0.712. The number of aryl methyl sites for hydroxylation is 1. The average Bonchev–Trinajstić information content (AvgIpc) is 2.69. The fourth-order valence-electron chi connectivity index (χ4n) is 1.43. The van der Waals surface area contributed by atoms with E-state index in [-0.39, 0.29) is 5.54 Å². The van der Waals surface area contributed by atoms with Crippen LogP contribution in [-0.2, 0) is 12.6 Å². The third kappa shape index (κ3) is 1.79. The van der Waals surface area contributed by atoms with Crippen molar-refractivity contribution in [1.82, 2.24) is 19.3 Å². The van der Waals surface area contributed by atoms with E-state index < -0.39 is 0 Å². The van der Waals surface area contributed by atoms with Crippen molar-refractivity contribution >= 4 is 0 Å². The molecule has 0 aliphatic rings. The van der Waals surface area contributed by atoms with E-state index in [0.717, 1.165) is 11.5 Å². The van der Waals surface area contributed by atoms with Gasteiger partial charge in [-0.25, -0.2) is 4.98 Å². The largest absolute Gasteiger partial charge is 0.333 e. The summed E-state index contributed by atoms with van der Waals surface area (Å²) in [6.45, 7) is 6.38. The molecule has 0 amide bonds. The molecule has 80 valence electrons. The molecule has 15 heavy (non-hydrogen) atoms. The zero-order valence-electron chi connectivity index (χ0n) is 9.60. The minimum atomic E-state index is 0.0173. The summed E-state index contributed by atoms with van der Waals surface area (Å²) in [5.41, 5.74) is 0.932. The van der Waals surface area contributed by atoms with Crippen LogP contribution in [0.25, 0.3) is 11.5 Å². The average molecular weight is 204 g/mol. The van der Waals surface area contributed by atoms with E-state index in [9.17, 15) is 0 Å². The van der Waals surface area contributed by atoms with Crippen LogP contribution in [0.2, 0.25) is 0 Å².